The van der Waals surface area contributed by atoms with Crippen molar-refractivity contribution in [2.45, 2.75) is 25.0 Å². The van der Waals surface area contributed by atoms with Gasteiger partial charge in [0.25, 0.3) is 0 Å². The first-order chi connectivity index (χ1) is 15.3. The molecule has 2 atom stereocenters. The summed E-state index contributed by atoms with van der Waals surface area (Å²) in [5, 5.41) is 1.01. The number of hydrogen-bond acceptors (Lipinski definition) is 7. The third kappa shape index (κ3) is 3.19. The standard InChI is InChI=1S/C23H23N7O/c1-31-21-5-2-15(9-26-21)11-29-12-18-8-17(29)13-30(18)20-4-3-16(10-25-20)22-19-6-7-24-23(19)28-14-27-22/h2-7,9-10,14,17-18H,8,11-13H2,1H3,(H,24,27,28). The van der Waals surface area contributed by atoms with Gasteiger partial charge in [-0.3, -0.25) is 4.90 Å². The molecule has 8 heteroatoms. The van der Waals surface area contributed by atoms with Crippen LogP contribution in [0, 0.1) is 0 Å². The molecule has 2 saturated heterocycles. The highest BCUT2D eigenvalue weighted by atomic mass is 16.5. The number of ether oxygens (including phenoxy) is 1. The smallest absolute Gasteiger partial charge is 0.212 e. The SMILES string of the molecule is COc1ccc(CN2CC3CC2CN3c2ccc(-c3ncnc4[nH]ccc34)cn2)cn1. The van der Waals surface area contributed by atoms with E-state index in [1.807, 2.05) is 30.7 Å². The summed E-state index contributed by atoms with van der Waals surface area (Å²) in [4.78, 5) is 26.0. The van der Waals surface area contributed by atoms with Gasteiger partial charge in [-0.2, -0.15) is 0 Å². The Kier molecular flexibility index (Phi) is 4.31. The van der Waals surface area contributed by atoms with Gasteiger partial charge in [-0.15, -0.1) is 0 Å². The summed E-state index contributed by atoms with van der Waals surface area (Å²) in [7, 11) is 1.64. The van der Waals surface area contributed by atoms with E-state index in [0.29, 0.717) is 18.0 Å². The molecule has 0 spiro atoms. The fourth-order valence-corrected chi connectivity index (χ4v) is 4.88. The van der Waals surface area contributed by atoms with E-state index in [9.17, 15) is 0 Å². The number of pyridine rings is 2. The van der Waals surface area contributed by atoms with Crippen LogP contribution in [0.25, 0.3) is 22.3 Å². The van der Waals surface area contributed by atoms with Gasteiger partial charge >= 0.3 is 0 Å². The molecular formula is C23H23N7O. The van der Waals surface area contributed by atoms with E-state index in [1.165, 1.54) is 12.0 Å². The van der Waals surface area contributed by atoms with Gasteiger partial charge < -0.3 is 14.6 Å². The second-order valence-corrected chi connectivity index (χ2v) is 8.20. The first-order valence-corrected chi connectivity index (χ1v) is 10.5. The van der Waals surface area contributed by atoms with E-state index in [0.717, 1.165) is 47.7 Å². The number of nitrogens with zero attached hydrogens (tertiary/aromatic N) is 6. The minimum Gasteiger partial charge on any atom is -0.481 e. The number of aromatic amines is 1. The monoisotopic (exact) mass is 413 g/mol. The zero-order chi connectivity index (χ0) is 20.8. The van der Waals surface area contributed by atoms with E-state index in [2.05, 4.69) is 47.9 Å². The lowest BCUT2D eigenvalue weighted by molar-refractivity contribution is 0.229. The topological polar surface area (TPSA) is 83.1 Å². The minimum absolute atomic E-state index is 0.505. The fourth-order valence-electron chi connectivity index (χ4n) is 4.88. The number of aromatic nitrogens is 5. The van der Waals surface area contributed by atoms with Crippen molar-refractivity contribution in [1.82, 2.24) is 29.8 Å². The van der Waals surface area contributed by atoms with Crippen LogP contribution in [0.5, 0.6) is 5.88 Å². The molecule has 2 aliphatic heterocycles. The van der Waals surface area contributed by atoms with Crippen LogP contribution in [0.3, 0.4) is 0 Å². The van der Waals surface area contributed by atoms with E-state index >= 15 is 0 Å². The number of H-pyrrole nitrogens is 1. The zero-order valence-corrected chi connectivity index (χ0v) is 17.3. The van der Waals surface area contributed by atoms with Crippen molar-refractivity contribution in [2.24, 2.45) is 0 Å². The van der Waals surface area contributed by atoms with Crippen molar-refractivity contribution in [3.05, 3.63) is 60.8 Å². The number of hydrogen-bond donors (Lipinski definition) is 1. The molecule has 0 saturated carbocycles. The molecule has 2 bridgehead atoms. The number of nitrogens with one attached hydrogen (secondary N) is 1. The van der Waals surface area contributed by atoms with Crippen LogP contribution in [-0.4, -0.2) is 62.1 Å². The van der Waals surface area contributed by atoms with Gasteiger partial charge in [0.05, 0.1) is 12.8 Å². The van der Waals surface area contributed by atoms with Gasteiger partial charge in [0.15, 0.2) is 0 Å². The summed E-state index contributed by atoms with van der Waals surface area (Å²) < 4.78 is 5.16. The largest absolute Gasteiger partial charge is 0.481 e. The molecule has 0 aromatic carbocycles. The van der Waals surface area contributed by atoms with Crippen molar-refractivity contribution < 1.29 is 4.74 Å². The summed E-state index contributed by atoms with van der Waals surface area (Å²) in [6.07, 6.45) is 8.51. The molecule has 0 amide bonds. The highest BCUT2D eigenvalue weighted by Gasteiger charge is 2.43. The van der Waals surface area contributed by atoms with E-state index in [1.54, 1.807) is 13.4 Å². The Hall–Kier alpha value is -3.52. The molecule has 0 radical (unpaired) electrons. The van der Waals surface area contributed by atoms with Crippen molar-refractivity contribution in [3.8, 4) is 17.1 Å². The molecule has 4 aromatic rings. The first kappa shape index (κ1) is 18.3. The molecule has 6 heterocycles. The Morgan fingerprint density at radius 3 is 2.71 bits per heavy atom. The van der Waals surface area contributed by atoms with Crippen LogP contribution in [0.4, 0.5) is 5.82 Å². The van der Waals surface area contributed by atoms with Crippen LogP contribution in [-0.2, 0) is 6.54 Å². The number of rotatable bonds is 5. The maximum atomic E-state index is 5.16. The van der Waals surface area contributed by atoms with Gasteiger partial charge in [-0.05, 0) is 30.2 Å². The molecule has 156 valence electrons. The molecule has 0 aliphatic carbocycles. The summed E-state index contributed by atoms with van der Waals surface area (Å²) in [6.45, 7) is 2.99. The molecule has 1 N–H and O–H groups in total. The lowest BCUT2D eigenvalue weighted by Crippen LogP contribution is -2.46. The maximum absolute atomic E-state index is 5.16. The predicted octanol–water partition coefficient (Wildman–Crippen LogP) is 2.89. The van der Waals surface area contributed by atoms with Gasteiger partial charge in [-0.25, -0.2) is 19.9 Å². The van der Waals surface area contributed by atoms with Crippen molar-refractivity contribution in [1.29, 1.82) is 0 Å². The third-order valence-corrected chi connectivity index (χ3v) is 6.42. The van der Waals surface area contributed by atoms with Crippen LogP contribution >= 0.6 is 0 Å². The molecule has 4 aromatic heterocycles. The lowest BCUT2D eigenvalue weighted by Gasteiger charge is -2.35. The van der Waals surface area contributed by atoms with Gasteiger partial charge in [0.1, 0.15) is 17.8 Å². The van der Waals surface area contributed by atoms with Crippen molar-refractivity contribution >= 4 is 16.9 Å². The second-order valence-electron chi connectivity index (χ2n) is 8.20. The molecule has 2 aliphatic rings. The maximum Gasteiger partial charge on any atom is 0.212 e. The van der Waals surface area contributed by atoms with Crippen molar-refractivity contribution in [3.63, 3.8) is 0 Å². The number of methoxy groups -OCH3 is 1. The van der Waals surface area contributed by atoms with Crippen molar-refractivity contribution in [2.75, 3.05) is 25.1 Å². The minimum atomic E-state index is 0.505. The van der Waals surface area contributed by atoms with E-state index in [4.69, 9.17) is 9.72 Å². The quantitative estimate of drug-likeness (QED) is 0.539. The highest BCUT2D eigenvalue weighted by molar-refractivity contribution is 5.90. The lowest BCUT2D eigenvalue weighted by atomic mass is 10.1. The highest BCUT2D eigenvalue weighted by Crippen LogP contribution is 2.35. The number of likely N-dealkylation sites (tertiary alicyclic amines) is 1. The molecule has 2 unspecified atom stereocenters. The normalized spacial score (nSPS) is 20.6. The van der Waals surface area contributed by atoms with Crippen LogP contribution in [0.15, 0.2) is 55.2 Å². The Bertz CT molecular complexity index is 1200. The third-order valence-electron chi connectivity index (χ3n) is 6.42. The van der Waals surface area contributed by atoms with Gasteiger partial charge in [-0.1, -0.05) is 6.07 Å². The summed E-state index contributed by atoms with van der Waals surface area (Å²) in [6, 6.07) is 11.3. The number of fused-ring (bicyclic) bond motifs is 3. The zero-order valence-electron chi connectivity index (χ0n) is 17.3. The van der Waals surface area contributed by atoms with E-state index < -0.39 is 0 Å². The average Bonchev–Trinajstić information content (AvgIpc) is 3.55. The molecule has 2 fully saturated rings. The summed E-state index contributed by atoms with van der Waals surface area (Å²) in [5.41, 5.74) is 3.99. The fraction of sp³-hybridized carbons (Fsp3) is 0.304. The summed E-state index contributed by atoms with van der Waals surface area (Å²) >= 11 is 0. The first-order valence-electron chi connectivity index (χ1n) is 10.5. The number of anilines is 1. The van der Waals surface area contributed by atoms with Crippen LogP contribution in [0.2, 0.25) is 0 Å². The average molecular weight is 413 g/mol. The molecule has 31 heavy (non-hydrogen) atoms. The molecular weight excluding hydrogens is 390 g/mol. The molecule has 6 rings (SSSR count). The Morgan fingerprint density at radius 1 is 1.00 bits per heavy atom. The van der Waals surface area contributed by atoms with Gasteiger partial charge in [0, 0.05) is 67.3 Å². The van der Waals surface area contributed by atoms with E-state index in [-0.39, 0.29) is 0 Å². The molecule has 8 nitrogen and oxygen atoms in total. The van der Waals surface area contributed by atoms with Crippen LogP contribution in [0.1, 0.15) is 12.0 Å². The van der Waals surface area contributed by atoms with Crippen LogP contribution < -0.4 is 9.64 Å². The Morgan fingerprint density at radius 2 is 1.97 bits per heavy atom. The van der Waals surface area contributed by atoms with Gasteiger partial charge in [0.2, 0.25) is 5.88 Å². The predicted molar refractivity (Wildman–Crippen MR) is 118 cm³/mol. The summed E-state index contributed by atoms with van der Waals surface area (Å²) in [5.74, 6) is 1.70. The number of piperazine rings is 1. The Balaban J connectivity index is 1.15. The second kappa shape index (κ2) is 7.31. The Labute approximate surface area is 179 Å².